The fraction of sp³-hybridized carbons (Fsp3) is 0.769. The number of hydrogen-bond acceptors (Lipinski definition) is 4. The first-order chi connectivity index (χ1) is 9.69. The van der Waals surface area contributed by atoms with Gasteiger partial charge >= 0.3 is 0 Å². The predicted octanol–water partition coefficient (Wildman–Crippen LogP) is 1.22. The Morgan fingerprint density at radius 3 is 2.62 bits per heavy atom. The third-order valence-electron chi connectivity index (χ3n) is 2.87. The first-order valence-corrected chi connectivity index (χ1v) is 7.13. The van der Waals surface area contributed by atoms with Crippen LogP contribution in [0.15, 0.2) is 4.99 Å². The second-order valence-corrected chi connectivity index (χ2v) is 4.39. The molecular weight excluding hydrogens is 383 g/mol. The maximum absolute atomic E-state index is 5.30. The largest absolute Gasteiger partial charge is 0.382 e. The minimum absolute atomic E-state index is 0. The van der Waals surface area contributed by atoms with Gasteiger partial charge in [-0.2, -0.15) is 0 Å². The molecule has 0 aliphatic carbocycles. The van der Waals surface area contributed by atoms with Crippen LogP contribution in [0.2, 0.25) is 0 Å². The molecule has 7 nitrogen and oxygen atoms in total. The van der Waals surface area contributed by atoms with Crippen molar-refractivity contribution in [3.05, 3.63) is 11.6 Å². The third-order valence-corrected chi connectivity index (χ3v) is 2.87. The van der Waals surface area contributed by atoms with Gasteiger partial charge in [0.1, 0.15) is 12.4 Å². The summed E-state index contributed by atoms with van der Waals surface area (Å²) in [5.41, 5.74) is 0. The lowest BCUT2D eigenvalue weighted by Gasteiger charge is -2.11. The second kappa shape index (κ2) is 11.7. The van der Waals surface area contributed by atoms with E-state index in [4.69, 9.17) is 4.74 Å². The number of aromatic nitrogens is 3. The van der Waals surface area contributed by atoms with Gasteiger partial charge in [0, 0.05) is 33.4 Å². The van der Waals surface area contributed by atoms with E-state index in [0.29, 0.717) is 6.54 Å². The molecule has 122 valence electrons. The summed E-state index contributed by atoms with van der Waals surface area (Å²) in [7, 11) is 1.95. The Balaban J connectivity index is 0.00000400. The number of hydrogen-bond donors (Lipinski definition) is 2. The number of guanidine groups is 1. The zero-order valence-corrected chi connectivity index (χ0v) is 15.7. The smallest absolute Gasteiger partial charge is 0.191 e. The van der Waals surface area contributed by atoms with Gasteiger partial charge in [0.05, 0.1) is 0 Å². The van der Waals surface area contributed by atoms with Crippen LogP contribution in [0.3, 0.4) is 0 Å². The van der Waals surface area contributed by atoms with E-state index in [1.165, 1.54) is 0 Å². The van der Waals surface area contributed by atoms with Gasteiger partial charge in [-0.1, -0.05) is 0 Å². The summed E-state index contributed by atoms with van der Waals surface area (Å²) >= 11 is 0. The zero-order valence-electron chi connectivity index (χ0n) is 13.3. The third kappa shape index (κ3) is 7.60. The maximum Gasteiger partial charge on any atom is 0.191 e. The molecule has 0 fully saturated rings. The van der Waals surface area contributed by atoms with E-state index in [1.54, 1.807) is 0 Å². The van der Waals surface area contributed by atoms with Crippen LogP contribution in [0.5, 0.6) is 0 Å². The van der Waals surface area contributed by atoms with E-state index in [2.05, 4.69) is 25.8 Å². The summed E-state index contributed by atoms with van der Waals surface area (Å²) in [4.78, 5) is 4.51. The monoisotopic (exact) mass is 410 g/mol. The van der Waals surface area contributed by atoms with Crippen LogP contribution in [0.1, 0.15) is 31.9 Å². The molecule has 21 heavy (non-hydrogen) atoms. The predicted molar refractivity (Wildman–Crippen MR) is 95.1 cm³/mol. The fourth-order valence-corrected chi connectivity index (χ4v) is 1.61. The van der Waals surface area contributed by atoms with Gasteiger partial charge in [0.15, 0.2) is 11.8 Å². The summed E-state index contributed by atoms with van der Waals surface area (Å²) in [5, 5.41) is 14.6. The molecule has 8 heteroatoms. The topological polar surface area (TPSA) is 76.4 Å². The molecule has 1 rings (SSSR count). The Morgan fingerprint density at radius 1 is 1.29 bits per heavy atom. The van der Waals surface area contributed by atoms with Gasteiger partial charge in [-0.25, -0.2) is 4.99 Å². The normalized spacial score (nSPS) is 11.1. The van der Waals surface area contributed by atoms with E-state index >= 15 is 0 Å². The lowest BCUT2D eigenvalue weighted by atomic mass is 10.4. The summed E-state index contributed by atoms with van der Waals surface area (Å²) in [6, 6.07) is 0. The molecule has 0 aliphatic rings. The van der Waals surface area contributed by atoms with Crippen LogP contribution >= 0.6 is 24.0 Å². The van der Waals surface area contributed by atoms with Crippen LogP contribution in [0.25, 0.3) is 0 Å². The van der Waals surface area contributed by atoms with Crippen molar-refractivity contribution in [1.82, 2.24) is 25.4 Å². The van der Waals surface area contributed by atoms with E-state index in [9.17, 15) is 0 Å². The molecule has 0 spiro atoms. The zero-order chi connectivity index (χ0) is 14.8. The van der Waals surface area contributed by atoms with Gasteiger partial charge in [-0.15, -0.1) is 34.2 Å². The summed E-state index contributed by atoms with van der Waals surface area (Å²) in [5.74, 6) is 2.54. The average molecular weight is 410 g/mol. The number of rotatable bonds is 8. The SMILES string of the molecule is CCNC(=NCc1nnc(C)n1C)NCCCOCC.I. The minimum Gasteiger partial charge on any atom is -0.382 e. The Morgan fingerprint density at radius 2 is 2.05 bits per heavy atom. The second-order valence-electron chi connectivity index (χ2n) is 4.39. The van der Waals surface area contributed by atoms with Crippen LogP contribution in [0.4, 0.5) is 0 Å². The average Bonchev–Trinajstić information content (AvgIpc) is 2.76. The Bertz CT molecular complexity index is 421. The molecule has 1 aromatic rings. The number of nitrogens with one attached hydrogen (secondary N) is 2. The molecule has 0 atom stereocenters. The van der Waals surface area contributed by atoms with Crippen molar-refractivity contribution in [3.8, 4) is 0 Å². The first-order valence-electron chi connectivity index (χ1n) is 7.13. The molecular formula is C13H27IN6O. The van der Waals surface area contributed by atoms with E-state index in [1.807, 2.05) is 32.4 Å². The molecule has 0 saturated carbocycles. The van der Waals surface area contributed by atoms with Crippen LogP contribution < -0.4 is 10.6 Å². The molecule has 0 radical (unpaired) electrons. The number of nitrogens with zero attached hydrogens (tertiary/aromatic N) is 4. The van der Waals surface area contributed by atoms with Crippen molar-refractivity contribution in [1.29, 1.82) is 0 Å². The molecule has 0 unspecified atom stereocenters. The number of aryl methyl sites for hydroxylation is 1. The Labute approximate surface area is 144 Å². The van der Waals surface area contributed by atoms with Crippen molar-refractivity contribution in [3.63, 3.8) is 0 Å². The lowest BCUT2D eigenvalue weighted by molar-refractivity contribution is 0.145. The highest BCUT2D eigenvalue weighted by molar-refractivity contribution is 14.0. The maximum atomic E-state index is 5.30. The fourth-order valence-electron chi connectivity index (χ4n) is 1.61. The minimum atomic E-state index is 0. The van der Waals surface area contributed by atoms with Gasteiger partial charge in [0.2, 0.25) is 0 Å². The summed E-state index contributed by atoms with van der Waals surface area (Å²) in [6.07, 6.45) is 0.960. The number of aliphatic imine (C=N–C) groups is 1. The summed E-state index contributed by atoms with van der Waals surface area (Å²) < 4.78 is 7.25. The molecule has 0 aliphatic heterocycles. The number of halogens is 1. The van der Waals surface area contributed by atoms with Crippen molar-refractivity contribution >= 4 is 29.9 Å². The van der Waals surface area contributed by atoms with Gasteiger partial charge < -0.3 is 19.9 Å². The molecule has 2 N–H and O–H groups in total. The van der Waals surface area contributed by atoms with Crippen molar-refractivity contribution in [2.24, 2.45) is 12.0 Å². The van der Waals surface area contributed by atoms with Gasteiger partial charge in [-0.05, 0) is 27.2 Å². The summed E-state index contributed by atoms with van der Waals surface area (Å²) in [6.45, 7) is 9.69. The molecule has 1 aromatic heterocycles. The lowest BCUT2D eigenvalue weighted by Crippen LogP contribution is -2.38. The van der Waals surface area contributed by atoms with Gasteiger partial charge in [-0.3, -0.25) is 0 Å². The highest BCUT2D eigenvalue weighted by Crippen LogP contribution is 1.98. The van der Waals surface area contributed by atoms with E-state index in [0.717, 1.165) is 50.3 Å². The molecule has 0 amide bonds. The van der Waals surface area contributed by atoms with Crippen LogP contribution in [0, 0.1) is 6.92 Å². The molecule has 0 aromatic carbocycles. The highest BCUT2D eigenvalue weighted by Gasteiger charge is 2.04. The van der Waals surface area contributed by atoms with E-state index in [-0.39, 0.29) is 24.0 Å². The van der Waals surface area contributed by atoms with Crippen molar-refractivity contribution in [2.45, 2.75) is 33.7 Å². The van der Waals surface area contributed by atoms with Crippen LogP contribution in [-0.2, 0) is 18.3 Å². The van der Waals surface area contributed by atoms with Crippen molar-refractivity contribution < 1.29 is 4.74 Å². The van der Waals surface area contributed by atoms with Gasteiger partial charge in [0.25, 0.3) is 0 Å². The number of ether oxygens (including phenoxy) is 1. The first kappa shape index (κ1) is 20.1. The van der Waals surface area contributed by atoms with Crippen LogP contribution in [-0.4, -0.2) is 47.0 Å². The molecule has 1 heterocycles. The highest BCUT2D eigenvalue weighted by atomic mass is 127. The Kier molecular flexibility index (Phi) is 11.2. The molecule has 0 saturated heterocycles. The molecule has 0 bridgehead atoms. The standard InChI is InChI=1S/C13H26N6O.HI/c1-5-14-13(15-8-7-9-20-6-2)16-10-12-18-17-11(3)19(12)4;/h5-10H2,1-4H3,(H2,14,15,16);1H. The Hall–Kier alpha value is -0.900. The quantitative estimate of drug-likeness (QED) is 0.292. The van der Waals surface area contributed by atoms with Crippen molar-refractivity contribution in [2.75, 3.05) is 26.3 Å². The van der Waals surface area contributed by atoms with E-state index < -0.39 is 0 Å².